The molecule has 0 bridgehead atoms. The third-order valence-electron chi connectivity index (χ3n) is 2.45. The van der Waals surface area contributed by atoms with Crippen molar-refractivity contribution in [2.45, 2.75) is 11.8 Å². The van der Waals surface area contributed by atoms with Crippen molar-refractivity contribution in [3.05, 3.63) is 39.0 Å². The summed E-state index contributed by atoms with van der Waals surface area (Å²) in [6.07, 6.45) is 0. The molecule has 7 heteroatoms. The van der Waals surface area contributed by atoms with Crippen molar-refractivity contribution >= 4 is 43.0 Å². The molecule has 1 heterocycles. The van der Waals surface area contributed by atoms with E-state index in [2.05, 4.69) is 20.7 Å². The number of benzene rings is 1. The van der Waals surface area contributed by atoms with Gasteiger partial charge in [-0.25, -0.2) is 8.42 Å². The van der Waals surface area contributed by atoms with E-state index in [9.17, 15) is 8.42 Å². The van der Waals surface area contributed by atoms with E-state index in [1.165, 1.54) is 18.4 Å². The largest absolute Gasteiger partial charge is 0.497 e. The zero-order valence-corrected chi connectivity index (χ0v) is 13.5. The van der Waals surface area contributed by atoms with Gasteiger partial charge in [0.2, 0.25) is 0 Å². The van der Waals surface area contributed by atoms with Crippen LogP contribution in [0, 0.1) is 6.92 Å². The van der Waals surface area contributed by atoms with E-state index in [4.69, 9.17) is 4.74 Å². The van der Waals surface area contributed by atoms with Crippen molar-refractivity contribution < 1.29 is 13.2 Å². The Kier molecular flexibility index (Phi) is 4.17. The van der Waals surface area contributed by atoms with Crippen LogP contribution < -0.4 is 9.46 Å². The SMILES string of the molecule is COc1cccc(NS(=O)(=O)c2cc(Br)sc2C)c1. The molecular weight excluding hydrogens is 350 g/mol. The van der Waals surface area contributed by atoms with Crippen LogP contribution >= 0.6 is 27.3 Å². The molecule has 0 atom stereocenters. The summed E-state index contributed by atoms with van der Waals surface area (Å²) < 4.78 is 32.9. The van der Waals surface area contributed by atoms with Gasteiger partial charge in [-0.2, -0.15) is 0 Å². The molecular formula is C12H12BrNO3S2. The fourth-order valence-corrected chi connectivity index (χ4v) is 5.06. The monoisotopic (exact) mass is 361 g/mol. The minimum atomic E-state index is -3.57. The van der Waals surface area contributed by atoms with Gasteiger partial charge in [-0.05, 0) is 41.1 Å². The molecule has 1 N–H and O–H groups in total. The first-order valence-electron chi connectivity index (χ1n) is 5.35. The van der Waals surface area contributed by atoms with Gasteiger partial charge in [0.1, 0.15) is 10.6 Å². The number of halogens is 1. The molecule has 2 rings (SSSR count). The van der Waals surface area contributed by atoms with Crippen LogP contribution in [0.2, 0.25) is 0 Å². The van der Waals surface area contributed by atoms with Crippen LogP contribution in [0.5, 0.6) is 5.75 Å². The summed E-state index contributed by atoms with van der Waals surface area (Å²) in [5, 5.41) is 0. The lowest BCUT2D eigenvalue weighted by Gasteiger charge is -2.08. The van der Waals surface area contributed by atoms with Crippen molar-refractivity contribution in [1.82, 2.24) is 0 Å². The molecule has 0 fully saturated rings. The van der Waals surface area contributed by atoms with Crippen LogP contribution in [0.25, 0.3) is 0 Å². The summed E-state index contributed by atoms with van der Waals surface area (Å²) in [5.74, 6) is 0.600. The quantitative estimate of drug-likeness (QED) is 0.904. The zero-order chi connectivity index (χ0) is 14.0. The van der Waals surface area contributed by atoms with Crippen LogP contribution in [-0.4, -0.2) is 15.5 Å². The number of anilines is 1. The Balaban J connectivity index is 2.33. The number of nitrogens with one attached hydrogen (secondary N) is 1. The Morgan fingerprint density at radius 3 is 2.63 bits per heavy atom. The molecule has 0 aliphatic heterocycles. The molecule has 19 heavy (non-hydrogen) atoms. The lowest BCUT2D eigenvalue weighted by atomic mass is 10.3. The third-order valence-corrected chi connectivity index (χ3v) is 5.64. The first-order chi connectivity index (χ1) is 8.92. The Morgan fingerprint density at radius 2 is 2.05 bits per heavy atom. The molecule has 0 radical (unpaired) electrons. The standard InChI is InChI=1S/C12H12BrNO3S2/c1-8-11(7-12(13)18-8)19(15,16)14-9-4-3-5-10(6-9)17-2/h3-7,14H,1-2H3. The summed E-state index contributed by atoms with van der Waals surface area (Å²) in [7, 11) is -2.04. The minimum absolute atomic E-state index is 0.284. The van der Waals surface area contributed by atoms with Gasteiger partial charge < -0.3 is 4.74 Å². The second kappa shape index (κ2) is 5.52. The number of aryl methyl sites for hydroxylation is 1. The van der Waals surface area contributed by atoms with Gasteiger partial charge in [0, 0.05) is 10.9 Å². The van der Waals surface area contributed by atoms with Gasteiger partial charge in [-0.3, -0.25) is 4.72 Å². The van der Waals surface area contributed by atoms with Crippen molar-refractivity contribution in [1.29, 1.82) is 0 Å². The molecule has 0 amide bonds. The zero-order valence-electron chi connectivity index (χ0n) is 10.3. The Hall–Kier alpha value is -1.05. The predicted molar refractivity (Wildman–Crippen MR) is 80.6 cm³/mol. The Bertz CT molecular complexity index is 695. The van der Waals surface area contributed by atoms with Crippen molar-refractivity contribution in [2.24, 2.45) is 0 Å². The highest BCUT2D eigenvalue weighted by molar-refractivity contribution is 9.11. The van der Waals surface area contributed by atoms with Crippen molar-refractivity contribution in [2.75, 3.05) is 11.8 Å². The van der Waals surface area contributed by atoms with Crippen LogP contribution in [0.3, 0.4) is 0 Å². The van der Waals surface area contributed by atoms with Crippen LogP contribution in [0.1, 0.15) is 4.88 Å². The first kappa shape index (κ1) is 14.4. The molecule has 1 aromatic heterocycles. The van der Waals surface area contributed by atoms with E-state index < -0.39 is 10.0 Å². The second-order valence-electron chi connectivity index (χ2n) is 3.81. The van der Waals surface area contributed by atoms with Gasteiger partial charge in [-0.15, -0.1) is 11.3 Å². The lowest BCUT2D eigenvalue weighted by molar-refractivity contribution is 0.415. The van der Waals surface area contributed by atoms with Gasteiger partial charge in [0.05, 0.1) is 16.6 Å². The second-order valence-corrected chi connectivity index (χ2v) is 8.09. The number of rotatable bonds is 4. The van der Waals surface area contributed by atoms with E-state index in [0.29, 0.717) is 11.4 Å². The predicted octanol–water partition coefficient (Wildman–Crippen LogP) is 3.63. The molecule has 0 aliphatic rings. The van der Waals surface area contributed by atoms with Crippen LogP contribution in [0.15, 0.2) is 39.0 Å². The summed E-state index contributed by atoms with van der Waals surface area (Å²) in [5.41, 5.74) is 0.473. The van der Waals surface area contributed by atoms with Gasteiger partial charge in [0.15, 0.2) is 0 Å². The van der Waals surface area contributed by atoms with E-state index in [-0.39, 0.29) is 4.90 Å². The van der Waals surface area contributed by atoms with Crippen molar-refractivity contribution in [3.8, 4) is 5.75 Å². The number of hydrogen-bond donors (Lipinski definition) is 1. The van der Waals surface area contributed by atoms with Crippen LogP contribution in [-0.2, 0) is 10.0 Å². The summed E-state index contributed by atoms with van der Waals surface area (Å²) in [6, 6.07) is 8.39. The number of ether oxygens (including phenoxy) is 1. The van der Waals surface area contributed by atoms with E-state index in [0.717, 1.165) is 8.66 Å². The molecule has 102 valence electrons. The maximum Gasteiger partial charge on any atom is 0.263 e. The maximum absolute atomic E-state index is 12.3. The van der Waals surface area contributed by atoms with Crippen LogP contribution in [0.4, 0.5) is 5.69 Å². The highest BCUT2D eigenvalue weighted by atomic mass is 79.9. The molecule has 0 saturated carbocycles. The number of hydrogen-bond acceptors (Lipinski definition) is 4. The average Bonchev–Trinajstić information content (AvgIpc) is 2.69. The maximum atomic E-state index is 12.3. The number of sulfonamides is 1. The normalized spacial score (nSPS) is 11.3. The van der Waals surface area contributed by atoms with Gasteiger partial charge in [0.25, 0.3) is 10.0 Å². The van der Waals surface area contributed by atoms with E-state index >= 15 is 0 Å². The summed E-state index contributed by atoms with van der Waals surface area (Å²) in [4.78, 5) is 1.02. The number of methoxy groups -OCH3 is 1. The summed E-state index contributed by atoms with van der Waals surface area (Å²) >= 11 is 4.68. The van der Waals surface area contributed by atoms with Gasteiger partial charge in [-0.1, -0.05) is 6.07 Å². The molecule has 0 spiro atoms. The summed E-state index contributed by atoms with van der Waals surface area (Å²) in [6.45, 7) is 1.77. The smallest absolute Gasteiger partial charge is 0.263 e. The van der Waals surface area contributed by atoms with Gasteiger partial charge >= 0.3 is 0 Å². The van der Waals surface area contributed by atoms with Crippen molar-refractivity contribution in [3.63, 3.8) is 0 Å². The van der Waals surface area contributed by atoms with E-state index in [1.54, 1.807) is 37.3 Å². The first-order valence-corrected chi connectivity index (χ1v) is 8.44. The molecule has 0 saturated heterocycles. The molecule has 1 aromatic carbocycles. The fourth-order valence-electron chi connectivity index (χ4n) is 1.59. The molecule has 0 unspecified atom stereocenters. The lowest BCUT2D eigenvalue weighted by Crippen LogP contribution is -2.13. The highest BCUT2D eigenvalue weighted by Gasteiger charge is 2.19. The minimum Gasteiger partial charge on any atom is -0.497 e. The topological polar surface area (TPSA) is 55.4 Å². The third kappa shape index (κ3) is 3.29. The Labute approximate surface area is 124 Å². The molecule has 2 aromatic rings. The number of thiophene rings is 1. The average molecular weight is 362 g/mol. The van der Waals surface area contributed by atoms with E-state index in [1.807, 2.05) is 0 Å². The fraction of sp³-hybridized carbons (Fsp3) is 0.167. The molecule has 0 aliphatic carbocycles. The molecule has 4 nitrogen and oxygen atoms in total. The highest BCUT2D eigenvalue weighted by Crippen LogP contribution is 2.31. The Morgan fingerprint density at radius 1 is 1.32 bits per heavy atom.